The molecule has 0 radical (unpaired) electrons. The summed E-state index contributed by atoms with van der Waals surface area (Å²) in [4.78, 5) is 4.34. The Bertz CT molecular complexity index is 549. The Balaban J connectivity index is 2.44. The maximum Gasteiger partial charge on any atom is 0.226 e. The first-order chi connectivity index (χ1) is 8.69. The maximum atomic E-state index is 5.58. The lowest BCUT2D eigenvalue weighted by Crippen LogP contribution is -1.98. The van der Waals surface area contributed by atoms with Gasteiger partial charge in [0.1, 0.15) is 5.76 Å². The Labute approximate surface area is 106 Å². The van der Waals surface area contributed by atoms with Gasteiger partial charge in [0, 0.05) is 12.1 Å². The molecule has 1 heterocycles. The van der Waals surface area contributed by atoms with Crippen LogP contribution in [0.25, 0.3) is 11.5 Å². The molecule has 1 aromatic heterocycles. The highest BCUT2D eigenvalue weighted by molar-refractivity contribution is 5.60. The first-order valence-electron chi connectivity index (χ1n) is 5.58. The lowest BCUT2D eigenvalue weighted by molar-refractivity contribution is 0.355. The molecule has 2 rings (SSSR count). The van der Waals surface area contributed by atoms with Gasteiger partial charge in [-0.3, -0.25) is 0 Å². The molecule has 0 unspecified atom stereocenters. The smallest absolute Gasteiger partial charge is 0.226 e. The summed E-state index contributed by atoms with van der Waals surface area (Å²) in [6.07, 6.45) is 0. The monoisotopic (exact) mass is 248 g/mol. The van der Waals surface area contributed by atoms with E-state index >= 15 is 0 Å². The van der Waals surface area contributed by atoms with Gasteiger partial charge in [0.2, 0.25) is 5.89 Å². The quantitative estimate of drug-likeness (QED) is 0.897. The van der Waals surface area contributed by atoms with Crippen molar-refractivity contribution in [3.8, 4) is 23.0 Å². The summed E-state index contributed by atoms with van der Waals surface area (Å²) in [6, 6.07) is 5.51. The highest BCUT2D eigenvalue weighted by atomic mass is 16.5. The lowest BCUT2D eigenvalue weighted by Gasteiger charge is -2.07. The van der Waals surface area contributed by atoms with E-state index in [-0.39, 0.29) is 0 Å². The lowest BCUT2D eigenvalue weighted by atomic mass is 10.2. The second-order valence-electron chi connectivity index (χ2n) is 3.80. The molecule has 0 saturated carbocycles. The van der Waals surface area contributed by atoms with Crippen molar-refractivity contribution in [3.63, 3.8) is 0 Å². The van der Waals surface area contributed by atoms with Crippen LogP contribution in [0.1, 0.15) is 11.5 Å². The molecule has 0 aliphatic carbocycles. The van der Waals surface area contributed by atoms with Crippen molar-refractivity contribution in [2.24, 2.45) is 5.73 Å². The van der Waals surface area contributed by atoms with Crippen LogP contribution < -0.4 is 15.2 Å². The van der Waals surface area contributed by atoms with Crippen LogP contribution in [0, 0.1) is 6.92 Å². The molecular weight excluding hydrogens is 232 g/mol. The van der Waals surface area contributed by atoms with Crippen LogP contribution in [0.4, 0.5) is 0 Å². The van der Waals surface area contributed by atoms with Crippen molar-refractivity contribution in [2.75, 3.05) is 14.2 Å². The molecule has 2 N–H and O–H groups in total. The Hall–Kier alpha value is -2.01. The fraction of sp³-hybridized carbons (Fsp3) is 0.308. The van der Waals surface area contributed by atoms with E-state index in [4.69, 9.17) is 19.6 Å². The molecule has 0 aliphatic rings. The fourth-order valence-corrected chi connectivity index (χ4v) is 1.71. The zero-order valence-electron chi connectivity index (χ0n) is 10.7. The fourth-order valence-electron chi connectivity index (χ4n) is 1.71. The summed E-state index contributed by atoms with van der Waals surface area (Å²) < 4.78 is 16.0. The molecule has 0 aliphatic heterocycles. The number of rotatable bonds is 4. The van der Waals surface area contributed by atoms with E-state index in [0.29, 0.717) is 23.9 Å². The average Bonchev–Trinajstić information content (AvgIpc) is 2.79. The van der Waals surface area contributed by atoms with Crippen molar-refractivity contribution in [1.82, 2.24) is 4.98 Å². The average molecular weight is 248 g/mol. The van der Waals surface area contributed by atoms with Crippen molar-refractivity contribution in [2.45, 2.75) is 13.5 Å². The summed E-state index contributed by atoms with van der Waals surface area (Å²) in [5.41, 5.74) is 7.17. The minimum atomic E-state index is 0.364. The van der Waals surface area contributed by atoms with Crippen LogP contribution >= 0.6 is 0 Å². The number of ether oxygens (including phenoxy) is 2. The van der Waals surface area contributed by atoms with E-state index in [9.17, 15) is 0 Å². The first kappa shape index (κ1) is 12.4. The van der Waals surface area contributed by atoms with Gasteiger partial charge in [-0.1, -0.05) is 0 Å². The SMILES string of the molecule is COc1ccc(-c2nc(CN)c(C)o2)cc1OC. The Morgan fingerprint density at radius 1 is 1.22 bits per heavy atom. The molecule has 1 aromatic carbocycles. The second-order valence-corrected chi connectivity index (χ2v) is 3.80. The van der Waals surface area contributed by atoms with E-state index in [1.165, 1.54) is 0 Å². The predicted molar refractivity (Wildman–Crippen MR) is 67.7 cm³/mol. The molecule has 0 fully saturated rings. The van der Waals surface area contributed by atoms with Gasteiger partial charge in [-0.15, -0.1) is 0 Å². The number of oxazole rings is 1. The number of nitrogens with zero attached hydrogens (tertiary/aromatic N) is 1. The van der Waals surface area contributed by atoms with E-state index in [2.05, 4.69) is 4.98 Å². The van der Waals surface area contributed by atoms with Crippen LogP contribution in [-0.4, -0.2) is 19.2 Å². The van der Waals surface area contributed by atoms with E-state index in [1.807, 2.05) is 25.1 Å². The van der Waals surface area contributed by atoms with E-state index in [0.717, 1.165) is 17.0 Å². The highest BCUT2D eigenvalue weighted by Crippen LogP contribution is 2.32. The summed E-state index contributed by atoms with van der Waals surface area (Å²) in [5, 5.41) is 0. The van der Waals surface area contributed by atoms with Crippen LogP contribution in [-0.2, 0) is 6.54 Å². The van der Waals surface area contributed by atoms with Crippen LogP contribution in [0.3, 0.4) is 0 Å². The molecule has 96 valence electrons. The molecular formula is C13H16N2O3. The topological polar surface area (TPSA) is 70.5 Å². The molecule has 5 nitrogen and oxygen atoms in total. The largest absolute Gasteiger partial charge is 0.493 e. The number of hydrogen-bond donors (Lipinski definition) is 1. The molecule has 0 amide bonds. The van der Waals surface area contributed by atoms with Crippen LogP contribution in [0.2, 0.25) is 0 Å². The Kier molecular flexibility index (Phi) is 3.53. The van der Waals surface area contributed by atoms with Gasteiger partial charge in [0.05, 0.1) is 19.9 Å². The summed E-state index contributed by atoms with van der Waals surface area (Å²) in [6.45, 7) is 2.21. The molecule has 0 bridgehead atoms. The normalized spacial score (nSPS) is 10.4. The third-order valence-corrected chi connectivity index (χ3v) is 2.72. The Morgan fingerprint density at radius 2 is 1.94 bits per heavy atom. The Morgan fingerprint density at radius 3 is 2.50 bits per heavy atom. The number of benzene rings is 1. The van der Waals surface area contributed by atoms with Crippen LogP contribution in [0.15, 0.2) is 22.6 Å². The van der Waals surface area contributed by atoms with Crippen molar-refractivity contribution < 1.29 is 13.9 Å². The van der Waals surface area contributed by atoms with Gasteiger partial charge in [0.15, 0.2) is 11.5 Å². The van der Waals surface area contributed by atoms with Crippen molar-refractivity contribution in [3.05, 3.63) is 29.7 Å². The van der Waals surface area contributed by atoms with E-state index < -0.39 is 0 Å². The minimum Gasteiger partial charge on any atom is -0.493 e. The standard InChI is InChI=1S/C13H16N2O3/c1-8-10(7-14)15-13(18-8)9-4-5-11(16-2)12(6-9)17-3/h4-6H,7,14H2,1-3H3. The number of methoxy groups -OCH3 is 2. The zero-order valence-corrected chi connectivity index (χ0v) is 10.7. The van der Waals surface area contributed by atoms with Gasteiger partial charge >= 0.3 is 0 Å². The third kappa shape index (κ3) is 2.17. The van der Waals surface area contributed by atoms with Crippen LogP contribution in [0.5, 0.6) is 11.5 Å². The van der Waals surface area contributed by atoms with Crippen molar-refractivity contribution in [1.29, 1.82) is 0 Å². The minimum absolute atomic E-state index is 0.364. The van der Waals surface area contributed by atoms with Gasteiger partial charge in [0.25, 0.3) is 0 Å². The van der Waals surface area contributed by atoms with Gasteiger partial charge < -0.3 is 19.6 Å². The second kappa shape index (κ2) is 5.10. The summed E-state index contributed by atoms with van der Waals surface area (Å²) in [7, 11) is 3.19. The number of hydrogen-bond acceptors (Lipinski definition) is 5. The van der Waals surface area contributed by atoms with Gasteiger partial charge in [-0.2, -0.15) is 0 Å². The number of aryl methyl sites for hydroxylation is 1. The third-order valence-electron chi connectivity index (χ3n) is 2.72. The van der Waals surface area contributed by atoms with E-state index in [1.54, 1.807) is 14.2 Å². The highest BCUT2D eigenvalue weighted by Gasteiger charge is 2.12. The molecule has 5 heteroatoms. The molecule has 0 atom stereocenters. The molecule has 0 spiro atoms. The first-order valence-corrected chi connectivity index (χ1v) is 5.58. The maximum absolute atomic E-state index is 5.58. The summed E-state index contributed by atoms with van der Waals surface area (Å²) in [5.74, 6) is 2.58. The molecule has 0 saturated heterocycles. The zero-order chi connectivity index (χ0) is 13.1. The molecule has 2 aromatic rings. The van der Waals surface area contributed by atoms with Gasteiger partial charge in [-0.05, 0) is 25.1 Å². The summed E-state index contributed by atoms with van der Waals surface area (Å²) >= 11 is 0. The van der Waals surface area contributed by atoms with Gasteiger partial charge in [-0.25, -0.2) is 4.98 Å². The molecule has 18 heavy (non-hydrogen) atoms. The predicted octanol–water partition coefficient (Wildman–Crippen LogP) is 2.13. The number of aromatic nitrogens is 1. The number of nitrogens with two attached hydrogens (primary N) is 1. The van der Waals surface area contributed by atoms with Crippen molar-refractivity contribution >= 4 is 0 Å².